The molecule has 6 nitrogen and oxygen atoms in total. The minimum absolute atomic E-state index is 0.0991. The Balaban J connectivity index is 1.44. The SMILES string of the molecule is C[C@H](CN1CCN(c2ccccc2)CC1)NC(=O)c1cnc[nH]1. The van der Waals surface area contributed by atoms with Crippen LogP contribution >= 0.6 is 0 Å². The topological polar surface area (TPSA) is 64.3 Å². The summed E-state index contributed by atoms with van der Waals surface area (Å²) in [5.41, 5.74) is 1.79. The molecule has 0 bridgehead atoms. The molecule has 1 aromatic carbocycles. The van der Waals surface area contributed by atoms with Gasteiger partial charge in [0, 0.05) is 44.5 Å². The Hall–Kier alpha value is -2.34. The monoisotopic (exact) mass is 313 g/mol. The second-order valence-electron chi connectivity index (χ2n) is 5.96. The van der Waals surface area contributed by atoms with Crippen molar-refractivity contribution in [1.29, 1.82) is 0 Å². The first kappa shape index (κ1) is 15.6. The standard InChI is InChI=1S/C17H23N5O/c1-14(20-17(23)16-11-18-13-19-16)12-21-7-9-22(10-8-21)15-5-3-2-4-6-15/h2-6,11,13-14H,7-10,12H2,1H3,(H,18,19)(H,20,23)/t14-/m1/s1. The molecule has 122 valence electrons. The number of amides is 1. The summed E-state index contributed by atoms with van der Waals surface area (Å²) in [7, 11) is 0. The number of hydrogen-bond acceptors (Lipinski definition) is 4. The predicted octanol–water partition coefficient (Wildman–Crippen LogP) is 1.35. The van der Waals surface area contributed by atoms with Crippen LogP contribution in [0.2, 0.25) is 0 Å². The number of aromatic amines is 1. The highest BCUT2D eigenvalue weighted by molar-refractivity contribution is 5.92. The third-order valence-electron chi connectivity index (χ3n) is 4.15. The Morgan fingerprint density at radius 3 is 2.65 bits per heavy atom. The molecule has 1 aliphatic heterocycles. The van der Waals surface area contributed by atoms with Crippen LogP contribution in [-0.4, -0.2) is 59.5 Å². The average Bonchev–Trinajstić information content (AvgIpc) is 3.11. The van der Waals surface area contributed by atoms with Crippen LogP contribution in [0.5, 0.6) is 0 Å². The van der Waals surface area contributed by atoms with Crippen molar-refractivity contribution < 1.29 is 4.79 Å². The molecule has 0 spiro atoms. The maximum absolute atomic E-state index is 12.0. The van der Waals surface area contributed by atoms with Gasteiger partial charge in [0.05, 0.1) is 12.5 Å². The summed E-state index contributed by atoms with van der Waals surface area (Å²) in [6.07, 6.45) is 3.06. The number of imidazole rings is 1. The van der Waals surface area contributed by atoms with Gasteiger partial charge in [-0.15, -0.1) is 0 Å². The number of aromatic nitrogens is 2. The van der Waals surface area contributed by atoms with Gasteiger partial charge in [0.15, 0.2) is 0 Å². The number of carbonyl (C=O) groups excluding carboxylic acids is 1. The first-order chi connectivity index (χ1) is 11.2. The van der Waals surface area contributed by atoms with Crippen molar-refractivity contribution >= 4 is 11.6 Å². The summed E-state index contributed by atoms with van der Waals surface area (Å²) < 4.78 is 0. The van der Waals surface area contributed by atoms with Crippen LogP contribution in [0.4, 0.5) is 5.69 Å². The number of nitrogens with zero attached hydrogens (tertiary/aromatic N) is 3. The van der Waals surface area contributed by atoms with E-state index in [4.69, 9.17) is 0 Å². The van der Waals surface area contributed by atoms with E-state index in [1.54, 1.807) is 6.20 Å². The number of rotatable bonds is 5. The van der Waals surface area contributed by atoms with Gasteiger partial charge in [0.2, 0.25) is 0 Å². The molecule has 2 N–H and O–H groups in total. The zero-order valence-electron chi connectivity index (χ0n) is 13.4. The number of carbonyl (C=O) groups is 1. The first-order valence-corrected chi connectivity index (χ1v) is 8.04. The number of nitrogens with one attached hydrogen (secondary N) is 2. The Morgan fingerprint density at radius 2 is 2.00 bits per heavy atom. The quantitative estimate of drug-likeness (QED) is 0.874. The van der Waals surface area contributed by atoms with E-state index in [9.17, 15) is 4.79 Å². The molecule has 23 heavy (non-hydrogen) atoms. The largest absolute Gasteiger partial charge is 0.369 e. The highest BCUT2D eigenvalue weighted by Gasteiger charge is 2.19. The maximum Gasteiger partial charge on any atom is 0.269 e. The van der Waals surface area contributed by atoms with Gasteiger partial charge < -0.3 is 15.2 Å². The van der Waals surface area contributed by atoms with Crippen molar-refractivity contribution in [3.63, 3.8) is 0 Å². The number of hydrogen-bond donors (Lipinski definition) is 2. The lowest BCUT2D eigenvalue weighted by atomic mass is 10.2. The Kier molecular flexibility index (Phi) is 4.92. The lowest BCUT2D eigenvalue weighted by Gasteiger charge is -2.37. The minimum atomic E-state index is -0.0991. The van der Waals surface area contributed by atoms with Crippen LogP contribution in [-0.2, 0) is 0 Å². The molecule has 1 saturated heterocycles. The summed E-state index contributed by atoms with van der Waals surface area (Å²) in [5, 5.41) is 3.01. The molecular weight excluding hydrogens is 290 g/mol. The summed E-state index contributed by atoms with van der Waals surface area (Å²) in [6, 6.07) is 10.6. The van der Waals surface area contributed by atoms with E-state index in [1.165, 1.54) is 12.0 Å². The summed E-state index contributed by atoms with van der Waals surface area (Å²) in [4.78, 5) is 23.5. The third-order valence-corrected chi connectivity index (χ3v) is 4.15. The lowest BCUT2D eigenvalue weighted by molar-refractivity contribution is 0.0923. The molecular formula is C17H23N5O. The van der Waals surface area contributed by atoms with Crippen LogP contribution in [0, 0.1) is 0 Å². The first-order valence-electron chi connectivity index (χ1n) is 8.04. The van der Waals surface area contributed by atoms with Crippen LogP contribution in [0.3, 0.4) is 0 Å². The Morgan fingerprint density at radius 1 is 1.26 bits per heavy atom. The van der Waals surface area contributed by atoms with Crippen molar-refractivity contribution in [2.24, 2.45) is 0 Å². The van der Waals surface area contributed by atoms with Crippen molar-refractivity contribution in [3.05, 3.63) is 48.5 Å². The van der Waals surface area contributed by atoms with E-state index in [-0.39, 0.29) is 11.9 Å². The van der Waals surface area contributed by atoms with Crippen molar-refractivity contribution in [1.82, 2.24) is 20.2 Å². The number of H-pyrrole nitrogens is 1. The van der Waals surface area contributed by atoms with E-state index in [1.807, 2.05) is 13.0 Å². The van der Waals surface area contributed by atoms with Gasteiger partial charge in [-0.3, -0.25) is 9.69 Å². The molecule has 1 fully saturated rings. The molecule has 0 radical (unpaired) electrons. The Labute approximate surface area is 136 Å². The molecule has 6 heteroatoms. The molecule has 0 unspecified atom stereocenters. The third kappa shape index (κ3) is 4.10. The summed E-state index contributed by atoms with van der Waals surface area (Å²) in [5.74, 6) is -0.0991. The molecule has 1 atom stereocenters. The zero-order chi connectivity index (χ0) is 16.1. The van der Waals surface area contributed by atoms with Crippen LogP contribution < -0.4 is 10.2 Å². The maximum atomic E-state index is 12.0. The summed E-state index contributed by atoms with van der Waals surface area (Å²) >= 11 is 0. The molecule has 0 saturated carbocycles. The number of benzene rings is 1. The van der Waals surface area contributed by atoms with Gasteiger partial charge in [-0.25, -0.2) is 4.98 Å². The second kappa shape index (κ2) is 7.28. The highest BCUT2D eigenvalue weighted by Crippen LogP contribution is 2.15. The average molecular weight is 313 g/mol. The van der Waals surface area contributed by atoms with Crippen LogP contribution in [0.15, 0.2) is 42.9 Å². The fraction of sp³-hybridized carbons (Fsp3) is 0.412. The van der Waals surface area contributed by atoms with Crippen molar-refractivity contribution in [2.45, 2.75) is 13.0 Å². The predicted molar refractivity (Wildman–Crippen MR) is 90.6 cm³/mol. The van der Waals surface area contributed by atoms with Gasteiger partial charge >= 0.3 is 0 Å². The number of para-hydroxylation sites is 1. The second-order valence-corrected chi connectivity index (χ2v) is 5.96. The van der Waals surface area contributed by atoms with Crippen LogP contribution in [0.25, 0.3) is 0 Å². The normalized spacial score (nSPS) is 17.0. The number of piperazine rings is 1. The van der Waals surface area contributed by atoms with Crippen LogP contribution in [0.1, 0.15) is 17.4 Å². The van der Waals surface area contributed by atoms with Gasteiger partial charge in [0.25, 0.3) is 5.91 Å². The Bertz CT molecular complexity index is 605. The molecule has 2 heterocycles. The van der Waals surface area contributed by atoms with E-state index in [2.05, 4.69) is 49.4 Å². The summed E-state index contributed by atoms with van der Waals surface area (Å²) in [6.45, 7) is 6.97. The molecule has 3 rings (SSSR count). The number of anilines is 1. The van der Waals surface area contributed by atoms with Gasteiger partial charge in [0.1, 0.15) is 5.69 Å². The molecule has 1 aromatic heterocycles. The highest BCUT2D eigenvalue weighted by atomic mass is 16.2. The molecule has 2 aromatic rings. The minimum Gasteiger partial charge on any atom is -0.369 e. The zero-order valence-corrected chi connectivity index (χ0v) is 13.4. The smallest absolute Gasteiger partial charge is 0.269 e. The molecule has 1 amide bonds. The lowest BCUT2D eigenvalue weighted by Crippen LogP contribution is -2.50. The fourth-order valence-corrected chi connectivity index (χ4v) is 2.94. The van der Waals surface area contributed by atoms with Crippen molar-refractivity contribution in [3.8, 4) is 0 Å². The van der Waals surface area contributed by atoms with E-state index < -0.39 is 0 Å². The van der Waals surface area contributed by atoms with Gasteiger partial charge in [-0.05, 0) is 19.1 Å². The van der Waals surface area contributed by atoms with E-state index >= 15 is 0 Å². The van der Waals surface area contributed by atoms with E-state index in [0.717, 1.165) is 32.7 Å². The molecule has 1 aliphatic rings. The fourth-order valence-electron chi connectivity index (χ4n) is 2.94. The molecule has 0 aliphatic carbocycles. The van der Waals surface area contributed by atoms with Gasteiger partial charge in [-0.1, -0.05) is 18.2 Å². The van der Waals surface area contributed by atoms with E-state index in [0.29, 0.717) is 5.69 Å². The van der Waals surface area contributed by atoms with Crippen molar-refractivity contribution in [2.75, 3.05) is 37.6 Å². The van der Waals surface area contributed by atoms with Gasteiger partial charge in [-0.2, -0.15) is 0 Å².